The standard InChI is InChI=1S/C13H26N2O2/c1-10(9-11(16)13(2,3)4)12(17)14-7-8-15(5)6/h10H,7-9H2,1-6H3,(H,14,17)/t10-/m1/s1. The van der Waals surface area contributed by atoms with Crippen molar-refractivity contribution >= 4 is 11.7 Å². The van der Waals surface area contributed by atoms with Crippen LogP contribution in [0, 0.1) is 11.3 Å². The molecule has 1 atom stereocenters. The van der Waals surface area contributed by atoms with Gasteiger partial charge in [-0.05, 0) is 14.1 Å². The zero-order chi connectivity index (χ0) is 13.6. The fourth-order valence-corrected chi connectivity index (χ4v) is 1.25. The second-order valence-corrected chi connectivity index (χ2v) is 5.87. The van der Waals surface area contributed by atoms with Crippen LogP contribution < -0.4 is 5.32 Å². The van der Waals surface area contributed by atoms with E-state index in [0.717, 1.165) is 6.54 Å². The zero-order valence-corrected chi connectivity index (χ0v) is 12.0. The molecule has 0 aliphatic carbocycles. The molecule has 0 aromatic carbocycles. The number of carbonyl (C=O) groups excluding carboxylic acids is 2. The highest BCUT2D eigenvalue weighted by atomic mass is 16.2. The molecule has 0 aromatic rings. The smallest absolute Gasteiger partial charge is 0.223 e. The molecule has 0 fully saturated rings. The lowest BCUT2D eigenvalue weighted by Gasteiger charge is -2.19. The lowest BCUT2D eigenvalue weighted by atomic mass is 9.85. The third-order valence-corrected chi connectivity index (χ3v) is 2.63. The van der Waals surface area contributed by atoms with Gasteiger partial charge in [-0.25, -0.2) is 0 Å². The zero-order valence-electron chi connectivity index (χ0n) is 12.0. The van der Waals surface area contributed by atoms with E-state index in [0.29, 0.717) is 13.0 Å². The van der Waals surface area contributed by atoms with Gasteiger partial charge in [-0.2, -0.15) is 0 Å². The molecule has 0 aromatic heterocycles. The third-order valence-electron chi connectivity index (χ3n) is 2.63. The summed E-state index contributed by atoms with van der Waals surface area (Å²) in [4.78, 5) is 25.5. The van der Waals surface area contributed by atoms with Crippen molar-refractivity contribution in [2.45, 2.75) is 34.1 Å². The summed E-state index contributed by atoms with van der Waals surface area (Å²) in [6.45, 7) is 8.88. The minimum absolute atomic E-state index is 0.0375. The van der Waals surface area contributed by atoms with Crippen LogP contribution in [0.5, 0.6) is 0 Å². The largest absolute Gasteiger partial charge is 0.355 e. The Morgan fingerprint density at radius 2 is 1.76 bits per heavy atom. The van der Waals surface area contributed by atoms with Gasteiger partial charge in [0.25, 0.3) is 0 Å². The normalized spacial score (nSPS) is 13.6. The van der Waals surface area contributed by atoms with Gasteiger partial charge in [0, 0.05) is 30.8 Å². The van der Waals surface area contributed by atoms with E-state index in [9.17, 15) is 9.59 Å². The topological polar surface area (TPSA) is 49.4 Å². The Morgan fingerprint density at radius 3 is 2.18 bits per heavy atom. The lowest BCUT2D eigenvalue weighted by molar-refractivity contribution is -0.132. The molecule has 0 spiro atoms. The van der Waals surface area contributed by atoms with Gasteiger partial charge in [0.15, 0.2) is 0 Å². The molecular formula is C13H26N2O2. The van der Waals surface area contributed by atoms with Crippen molar-refractivity contribution in [2.75, 3.05) is 27.2 Å². The van der Waals surface area contributed by atoms with Crippen LogP contribution in [-0.4, -0.2) is 43.8 Å². The number of amides is 1. The summed E-state index contributed by atoms with van der Waals surface area (Å²) in [5.74, 6) is -0.152. The highest BCUT2D eigenvalue weighted by molar-refractivity contribution is 5.89. The first kappa shape index (κ1) is 16.1. The number of carbonyl (C=O) groups is 2. The molecule has 0 saturated heterocycles. The van der Waals surface area contributed by atoms with E-state index in [2.05, 4.69) is 5.32 Å². The van der Waals surface area contributed by atoms with Crippen LogP contribution in [0.15, 0.2) is 0 Å². The lowest BCUT2D eigenvalue weighted by Crippen LogP contribution is -2.36. The van der Waals surface area contributed by atoms with Crippen molar-refractivity contribution in [3.8, 4) is 0 Å². The number of rotatable bonds is 6. The molecule has 0 rings (SSSR count). The average Bonchev–Trinajstić information content (AvgIpc) is 2.15. The minimum atomic E-state index is -0.363. The number of nitrogens with one attached hydrogen (secondary N) is 1. The van der Waals surface area contributed by atoms with Gasteiger partial charge in [0.2, 0.25) is 5.91 Å². The Kier molecular flexibility index (Phi) is 6.39. The monoisotopic (exact) mass is 242 g/mol. The summed E-state index contributed by atoms with van der Waals surface area (Å²) >= 11 is 0. The summed E-state index contributed by atoms with van der Waals surface area (Å²) in [7, 11) is 3.91. The first-order valence-electron chi connectivity index (χ1n) is 6.10. The number of hydrogen-bond acceptors (Lipinski definition) is 3. The van der Waals surface area contributed by atoms with Gasteiger partial charge in [-0.1, -0.05) is 27.7 Å². The van der Waals surface area contributed by atoms with E-state index in [-0.39, 0.29) is 23.0 Å². The molecule has 0 radical (unpaired) electrons. The fraction of sp³-hybridized carbons (Fsp3) is 0.846. The van der Waals surface area contributed by atoms with Crippen LogP contribution in [0.3, 0.4) is 0 Å². The molecule has 0 bridgehead atoms. The molecule has 0 aliphatic heterocycles. The number of hydrogen-bond donors (Lipinski definition) is 1. The second-order valence-electron chi connectivity index (χ2n) is 5.87. The van der Waals surface area contributed by atoms with Crippen molar-refractivity contribution in [1.82, 2.24) is 10.2 Å². The molecule has 4 heteroatoms. The molecule has 4 nitrogen and oxygen atoms in total. The first-order chi connectivity index (χ1) is 7.64. The molecule has 0 aliphatic rings. The second kappa shape index (κ2) is 6.74. The molecule has 17 heavy (non-hydrogen) atoms. The Morgan fingerprint density at radius 1 is 1.24 bits per heavy atom. The van der Waals surface area contributed by atoms with Crippen molar-refractivity contribution in [3.63, 3.8) is 0 Å². The average molecular weight is 242 g/mol. The van der Waals surface area contributed by atoms with Gasteiger partial charge >= 0.3 is 0 Å². The van der Waals surface area contributed by atoms with Gasteiger partial charge in [-0.3, -0.25) is 9.59 Å². The van der Waals surface area contributed by atoms with E-state index >= 15 is 0 Å². The van der Waals surface area contributed by atoms with Gasteiger partial charge in [-0.15, -0.1) is 0 Å². The van der Waals surface area contributed by atoms with Crippen molar-refractivity contribution in [1.29, 1.82) is 0 Å². The SMILES string of the molecule is C[C@H](CC(=O)C(C)(C)C)C(=O)NCCN(C)C. The summed E-state index contributed by atoms with van der Waals surface area (Å²) in [6, 6.07) is 0. The quantitative estimate of drug-likeness (QED) is 0.764. The fourth-order valence-electron chi connectivity index (χ4n) is 1.25. The number of ketones is 1. The van der Waals surface area contributed by atoms with Crippen molar-refractivity contribution in [3.05, 3.63) is 0 Å². The van der Waals surface area contributed by atoms with E-state index in [4.69, 9.17) is 0 Å². The molecule has 1 N–H and O–H groups in total. The van der Waals surface area contributed by atoms with E-state index in [1.54, 1.807) is 6.92 Å². The molecule has 0 unspecified atom stereocenters. The maximum atomic E-state index is 11.8. The molecule has 1 amide bonds. The maximum absolute atomic E-state index is 11.8. The molecule has 0 saturated carbocycles. The van der Waals surface area contributed by atoms with Crippen LogP contribution >= 0.6 is 0 Å². The highest BCUT2D eigenvalue weighted by Gasteiger charge is 2.25. The predicted molar refractivity (Wildman–Crippen MR) is 69.8 cm³/mol. The highest BCUT2D eigenvalue weighted by Crippen LogP contribution is 2.19. The van der Waals surface area contributed by atoms with Crippen LogP contribution in [-0.2, 0) is 9.59 Å². The van der Waals surface area contributed by atoms with E-state index < -0.39 is 0 Å². The Hall–Kier alpha value is -0.900. The number of Topliss-reactive ketones (excluding diaryl/α,β-unsaturated/α-hetero) is 1. The van der Waals surface area contributed by atoms with Crippen LogP contribution in [0.1, 0.15) is 34.1 Å². The van der Waals surface area contributed by atoms with Crippen LogP contribution in [0.4, 0.5) is 0 Å². The Bertz CT molecular complexity index is 267. The van der Waals surface area contributed by atoms with Crippen LogP contribution in [0.2, 0.25) is 0 Å². The molecular weight excluding hydrogens is 216 g/mol. The van der Waals surface area contributed by atoms with E-state index in [1.165, 1.54) is 0 Å². The Balaban J connectivity index is 4.02. The van der Waals surface area contributed by atoms with E-state index in [1.807, 2.05) is 39.8 Å². The summed E-state index contributed by atoms with van der Waals surface area (Å²) < 4.78 is 0. The third kappa shape index (κ3) is 7.10. The molecule has 100 valence electrons. The van der Waals surface area contributed by atoms with Crippen molar-refractivity contribution < 1.29 is 9.59 Å². The van der Waals surface area contributed by atoms with Gasteiger partial charge in [0.05, 0.1) is 0 Å². The van der Waals surface area contributed by atoms with Crippen LogP contribution in [0.25, 0.3) is 0 Å². The molecule has 0 heterocycles. The Labute approximate surface area is 105 Å². The minimum Gasteiger partial charge on any atom is -0.355 e. The number of likely N-dealkylation sites (N-methyl/N-ethyl adjacent to an activating group) is 1. The first-order valence-corrected chi connectivity index (χ1v) is 6.10. The van der Waals surface area contributed by atoms with Gasteiger partial charge < -0.3 is 10.2 Å². The summed E-state index contributed by atoms with van der Waals surface area (Å²) in [5, 5.41) is 2.84. The number of nitrogens with zero attached hydrogens (tertiary/aromatic N) is 1. The maximum Gasteiger partial charge on any atom is 0.223 e. The predicted octanol–water partition coefficient (Wildman–Crippen LogP) is 1.31. The van der Waals surface area contributed by atoms with Crippen molar-refractivity contribution in [2.24, 2.45) is 11.3 Å². The summed E-state index contributed by atoms with van der Waals surface area (Å²) in [6.07, 6.45) is 0.317. The summed E-state index contributed by atoms with van der Waals surface area (Å²) in [5.41, 5.74) is -0.363. The van der Waals surface area contributed by atoms with Gasteiger partial charge in [0.1, 0.15) is 5.78 Å².